The number of carbonyl (C=O) groups excluding carboxylic acids is 2. The number of allylic oxidation sites excluding steroid dienone is 1. The summed E-state index contributed by atoms with van der Waals surface area (Å²) in [5, 5.41) is 3.01. The fourth-order valence-electron chi connectivity index (χ4n) is 3.07. The summed E-state index contributed by atoms with van der Waals surface area (Å²) in [5.41, 5.74) is 1.63. The van der Waals surface area contributed by atoms with Gasteiger partial charge in [-0.05, 0) is 55.9 Å². The van der Waals surface area contributed by atoms with Gasteiger partial charge in [0.1, 0.15) is 5.82 Å². The van der Waals surface area contributed by atoms with Crippen LogP contribution >= 0.6 is 0 Å². The number of amides is 2. The van der Waals surface area contributed by atoms with E-state index in [1.807, 2.05) is 11.8 Å². The molecule has 1 saturated heterocycles. The van der Waals surface area contributed by atoms with Gasteiger partial charge in [0.15, 0.2) is 0 Å². The first-order chi connectivity index (χ1) is 11.5. The average molecular weight is 330 g/mol. The van der Waals surface area contributed by atoms with Crippen LogP contribution in [0.5, 0.6) is 0 Å². The Morgan fingerprint density at radius 3 is 2.33 bits per heavy atom. The Morgan fingerprint density at radius 1 is 1.12 bits per heavy atom. The monoisotopic (exact) mass is 330 g/mol. The van der Waals surface area contributed by atoms with Crippen molar-refractivity contribution in [3.8, 4) is 0 Å². The lowest BCUT2D eigenvalue weighted by atomic mass is 10.0. The van der Waals surface area contributed by atoms with E-state index >= 15 is 0 Å². The number of halogens is 1. The van der Waals surface area contributed by atoms with Crippen LogP contribution in [0.4, 0.5) is 4.39 Å². The normalized spacial score (nSPS) is 19.2. The molecule has 1 N–H and O–H groups in total. The molecule has 2 fully saturated rings. The Labute approximate surface area is 141 Å². The smallest absolute Gasteiger partial charge is 0.244 e. The van der Waals surface area contributed by atoms with Gasteiger partial charge in [-0.25, -0.2) is 4.39 Å². The van der Waals surface area contributed by atoms with Crippen molar-refractivity contribution >= 4 is 17.4 Å². The predicted molar refractivity (Wildman–Crippen MR) is 90.5 cm³/mol. The molecule has 2 aliphatic rings. The van der Waals surface area contributed by atoms with Crippen LogP contribution in [-0.4, -0.2) is 35.8 Å². The van der Waals surface area contributed by atoms with Gasteiger partial charge < -0.3 is 10.2 Å². The Kier molecular flexibility index (Phi) is 4.97. The molecule has 5 heteroatoms. The summed E-state index contributed by atoms with van der Waals surface area (Å²) in [6.07, 6.45) is 5.21. The molecule has 1 saturated carbocycles. The third-order valence-electron chi connectivity index (χ3n) is 4.73. The number of nitrogens with zero attached hydrogens (tertiary/aromatic N) is 1. The van der Waals surface area contributed by atoms with Gasteiger partial charge in [-0.1, -0.05) is 12.1 Å². The summed E-state index contributed by atoms with van der Waals surface area (Å²) in [6.45, 7) is 3.28. The molecule has 0 unspecified atom stereocenters. The van der Waals surface area contributed by atoms with Gasteiger partial charge in [-0.3, -0.25) is 9.59 Å². The van der Waals surface area contributed by atoms with Gasteiger partial charge in [0, 0.05) is 31.1 Å². The molecule has 1 heterocycles. The molecule has 1 aromatic carbocycles. The minimum Gasteiger partial charge on any atom is -0.350 e. The molecule has 0 bridgehead atoms. The molecular weight excluding hydrogens is 307 g/mol. The summed E-state index contributed by atoms with van der Waals surface area (Å²) < 4.78 is 12.9. The lowest BCUT2D eigenvalue weighted by Gasteiger charge is -2.32. The van der Waals surface area contributed by atoms with Crippen molar-refractivity contribution in [2.75, 3.05) is 13.1 Å². The highest BCUT2D eigenvalue weighted by atomic mass is 19.1. The highest BCUT2D eigenvalue weighted by Gasteiger charge is 2.34. The van der Waals surface area contributed by atoms with Crippen LogP contribution in [0, 0.1) is 11.7 Å². The highest BCUT2D eigenvalue weighted by molar-refractivity contribution is 5.95. The van der Waals surface area contributed by atoms with Crippen LogP contribution in [0.1, 0.15) is 38.2 Å². The molecule has 128 valence electrons. The first kappa shape index (κ1) is 16.7. The van der Waals surface area contributed by atoms with E-state index in [1.54, 1.807) is 18.2 Å². The van der Waals surface area contributed by atoms with Crippen molar-refractivity contribution in [1.82, 2.24) is 10.2 Å². The van der Waals surface area contributed by atoms with Crippen molar-refractivity contribution in [2.45, 2.75) is 38.6 Å². The largest absolute Gasteiger partial charge is 0.350 e. The minimum absolute atomic E-state index is 0.109. The maximum Gasteiger partial charge on any atom is 0.244 e. The van der Waals surface area contributed by atoms with Crippen molar-refractivity contribution in [3.05, 3.63) is 41.7 Å². The molecule has 1 aliphatic carbocycles. The molecule has 24 heavy (non-hydrogen) atoms. The molecule has 0 spiro atoms. The lowest BCUT2D eigenvalue weighted by Crippen LogP contribution is -2.46. The molecule has 2 amide bonds. The molecule has 0 radical (unpaired) electrons. The second-order valence-electron chi connectivity index (χ2n) is 6.72. The van der Waals surface area contributed by atoms with E-state index in [0.29, 0.717) is 0 Å². The Morgan fingerprint density at radius 2 is 1.75 bits per heavy atom. The Bertz CT molecular complexity index is 642. The fraction of sp³-hybridized carbons (Fsp3) is 0.474. The quantitative estimate of drug-likeness (QED) is 0.863. The molecule has 0 atom stereocenters. The third-order valence-corrected chi connectivity index (χ3v) is 4.73. The molecular formula is C19H23FN2O2. The van der Waals surface area contributed by atoms with E-state index in [2.05, 4.69) is 5.32 Å². The van der Waals surface area contributed by atoms with Gasteiger partial charge in [0.05, 0.1) is 0 Å². The summed E-state index contributed by atoms with van der Waals surface area (Å²) in [4.78, 5) is 26.1. The highest BCUT2D eigenvalue weighted by Crippen LogP contribution is 2.31. The van der Waals surface area contributed by atoms with E-state index in [0.717, 1.165) is 49.9 Å². The van der Waals surface area contributed by atoms with E-state index < -0.39 is 0 Å². The van der Waals surface area contributed by atoms with Crippen LogP contribution < -0.4 is 5.32 Å². The van der Waals surface area contributed by atoms with Crippen molar-refractivity contribution in [1.29, 1.82) is 0 Å². The third kappa shape index (κ3) is 4.22. The van der Waals surface area contributed by atoms with E-state index in [-0.39, 0.29) is 29.6 Å². The number of nitrogens with one attached hydrogen (secondary N) is 1. The standard InChI is InChI=1S/C19H23FN2O2/c1-13(14-4-6-16(20)7-5-14)12-18(23)21-17-8-10-22(11-9-17)19(24)15-2-3-15/h4-7,12,15,17H,2-3,8-11H2,1H3,(H,21,23). The zero-order chi connectivity index (χ0) is 17.1. The van der Waals surface area contributed by atoms with Crippen LogP contribution in [-0.2, 0) is 9.59 Å². The number of piperidine rings is 1. The average Bonchev–Trinajstić information content (AvgIpc) is 3.40. The van der Waals surface area contributed by atoms with Crippen LogP contribution in [0.15, 0.2) is 30.3 Å². The molecule has 0 aromatic heterocycles. The fourth-order valence-corrected chi connectivity index (χ4v) is 3.07. The number of hydrogen-bond acceptors (Lipinski definition) is 2. The SMILES string of the molecule is CC(=CC(=O)NC1CCN(C(=O)C2CC2)CC1)c1ccc(F)cc1. The minimum atomic E-state index is -0.288. The van der Waals surface area contributed by atoms with E-state index in [1.165, 1.54) is 12.1 Å². The summed E-state index contributed by atoms with van der Waals surface area (Å²) in [5.74, 6) is 0.122. The molecule has 1 aliphatic heterocycles. The van der Waals surface area contributed by atoms with Crippen LogP contribution in [0.2, 0.25) is 0 Å². The molecule has 3 rings (SSSR count). The van der Waals surface area contributed by atoms with Crippen LogP contribution in [0.3, 0.4) is 0 Å². The zero-order valence-electron chi connectivity index (χ0n) is 13.9. The number of rotatable bonds is 4. The van der Waals surface area contributed by atoms with Gasteiger partial charge >= 0.3 is 0 Å². The second-order valence-corrected chi connectivity index (χ2v) is 6.72. The maximum atomic E-state index is 12.9. The van der Waals surface area contributed by atoms with E-state index in [4.69, 9.17) is 0 Å². The van der Waals surface area contributed by atoms with Gasteiger partial charge in [0.25, 0.3) is 0 Å². The first-order valence-electron chi connectivity index (χ1n) is 8.56. The Hall–Kier alpha value is -2.17. The molecule has 4 nitrogen and oxygen atoms in total. The van der Waals surface area contributed by atoms with Crippen LogP contribution in [0.25, 0.3) is 5.57 Å². The summed E-state index contributed by atoms with van der Waals surface area (Å²) in [7, 11) is 0. The van der Waals surface area contributed by atoms with Crippen molar-refractivity contribution < 1.29 is 14.0 Å². The van der Waals surface area contributed by atoms with Crippen molar-refractivity contribution in [3.63, 3.8) is 0 Å². The summed E-state index contributed by atoms with van der Waals surface area (Å²) in [6, 6.07) is 6.21. The number of benzene rings is 1. The Balaban J connectivity index is 1.49. The van der Waals surface area contributed by atoms with Gasteiger partial charge in [0.2, 0.25) is 11.8 Å². The summed E-state index contributed by atoms with van der Waals surface area (Å²) >= 11 is 0. The molecule has 1 aromatic rings. The van der Waals surface area contributed by atoms with Gasteiger partial charge in [-0.15, -0.1) is 0 Å². The number of carbonyl (C=O) groups is 2. The number of likely N-dealkylation sites (tertiary alicyclic amines) is 1. The van der Waals surface area contributed by atoms with Crippen molar-refractivity contribution in [2.24, 2.45) is 5.92 Å². The lowest BCUT2D eigenvalue weighted by molar-refractivity contribution is -0.133. The first-order valence-corrected chi connectivity index (χ1v) is 8.56. The maximum absolute atomic E-state index is 12.9. The topological polar surface area (TPSA) is 49.4 Å². The van der Waals surface area contributed by atoms with E-state index in [9.17, 15) is 14.0 Å². The predicted octanol–water partition coefficient (Wildman–Crippen LogP) is 2.75. The van der Waals surface area contributed by atoms with Gasteiger partial charge in [-0.2, -0.15) is 0 Å². The number of hydrogen-bond donors (Lipinski definition) is 1. The second kappa shape index (κ2) is 7.16. The zero-order valence-corrected chi connectivity index (χ0v) is 13.9.